The topological polar surface area (TPSA) is 55.0 Å². The fourth-order valence-corrected chi connectivity index (χ4v) is 2.44. The van der Waals surface area contributed by atoms with Gasteiger partial charge in [0.05, 0.1) is 6.20 Å². The minimum atomic E-state index is -0.397. The molecule has 2 rings (SSSR count). The van der Waals surface area contributed by atoms with Crippen molar-refractivity contribution in [1.29, 1.82) is 0 Å². The molecule has 1 aliphatic rings. The van der Waals surface area contributed by atoms with Gasteiger partial charge in [-0.3, -0.25) is 0 Å². The molecule has 0 aliphatic heterocycles. The first kappa shape index (κ1) is 12.1. The van der Waals surface area contributed by atoms with E-state index < -0.39 is 5.82 Å². The van der Waals surface area contributed by atoms with E-state index >= 15 is 0 Å². The lowest BCUT2D eigenvalue weighted by molar-refractivity contribution is 0.530. The molecule has 0 atom stereocenters. The van der Waals surface area contributed by atoms with E-state index in [1.165, 1.54) is 25.7 Å². The molecule has 1 heterocycles. The van der Waals surface area contributed by atoms with Crippen molar-refractivity contribution >= 4 is 11.8 Å². The van der Waals surface area contributed by atoms with E-state index in [4.69, 9.17) is 5.73 Å². The fourth-order valence-electron chi connectivity index (χ4n) is 2.44. The molecule has 0 radical (unpaired) electrons. The van der Waals surface area contributed by atoms with Gasteiger partial charge in [-0.15, -0.1) is 0 Å². The fraction of sp³-hybridized carbons (Fsp3) is 0.667. The molecule has 0 aromatic carbocycles. The minimum Gasteiger partial charge on any atom is -0.368 e. The minimum absolute atomic E-state index is 0.127. The van der Waals surface area contributed by atoms with Crippen LogP contribution in [-0.4, -0.2) is 23.1 Å². The van der Waals surface area contributed by atoms with Crippen molar-refractivity contribution in [3.05, 3.63) is 12.0 Å². The van der Waals surface area contributed by atoms with Crippen LogP contribution in [0.2, 0.25) is 0 Å². The highest BCUT2D eigenvalue weighted by Gasteiger charge is 2.21. The van der Waals surface area contributed by atoms with Crippen molar-refractivity contribution < 1.29 is 4.39 Å². The Labute approximate surface area is 101 Å². The molecule has 2 N–H and O–H groups in total. The Morgan fingerprint density at radius 2 is 1.94 bits per heavy atom. The highest BCUT2D eigenvalue weighted by molar-refractivity contribution is 5.42. The zero-order chi connectivity index (χ0) is 12.3. The first-order chi connectivity index (χ1) is 8.18. The summed E-state index contributed by atoms with van der Waals surface area (Å²) in [5, 5.41) is 0. The zero-order valence-electron chi connectivity index (χ0n) is 10.2. The van der Waals surface area contributed by atoms with Crippen LogP contribution in [-0.2, 0) is 0 Å². The maximum atomic E-state index is 13.7. The quantitative estimate of drug-likeness (QED) is 0.804. The van der Waals surface area contributed by atoms with E-state index in [1.54, 1.807) is 0 Å². The second-order valence-electron chi connectivity index (χ2n) is 4.66. The van der Waals surface area contributed by atoms with Crippen LogP contribution >= 0.6 is 0 Å². The SMILES string of the molecule is CN(c1nc(N)ncc1F)C1CCCCCC1. The highest BCUT2D eigenvalue weighted by atomic mass is 19.1. The molecule has 0 bridgehead atoms. The monoisotopic (exact) mass is 238 g/mol. The molecular weight excluding hydrogens is 219 g/mol. The Bertz CT molecular complexity index is 375. The molecule has 0 saturated heterocycles. The Kier molecular flexibility index (Phi) is 3.76. The average Bonchev–Trinajstić information content (AvgIpc) is 2.60. The summed E-state index contributed by atoms with van der Waals surface area (Å²) in [4.78, 5) is 9.56. The Balaban J connectivity index is 2.16. The molecule has 4 nitrogen and oxygen atoms in total. The van der Waals surface area contributed by atoms with E-state index in [0.29, 0.717) is 11.9 Å². The Hall–Kier alpha value is -1.39. The van der Waals surface area contributed by atoms with Gasteiger partial charge in [0, 0.05) is 13.1 Å². The highest BCUT2D eigenvalue weighted by Crippen LogP contribution is 2.25. The number of aromatic nitrogens is 2. The van der Waals surface area contributed by atoms with Gasteiger partial charge in [0.25, 0.3) is 0 Å². The van der Waals surface area contributed by atoms with Gasteiger partial charge in [-0.25, -0.2) is 9.37 Å². The number of anilines is 2. The number of nitrogens with two attached hydrogens (primary N) is 1. The van der Waals surface area contributed by atoms with Crippen LogP contribution in [0, 0.1) is 5.82 Å². The predicted octanol–water partition coefficient (Wildman–Crippen LogP) is 2.36. The van der Waals surface area contributed by atoms with E-state index in [2.05, 4.69) is 9.97 Å². The van der Waals surface area contributed by atoms with Crippen LogP contribution in [0.5, 0.6) is 0 Å². The van der Waals surface area contributed by atoms with E-state index in [-0.39, 0.29) is 5.95 Å². The van der Waals surface area contributed by atoms with Crippen molar-refractivity contribution in [3.8, 4) is 0 Å². The molecule has 0 spiro atoms. The molecule has 1 fully saturated rings. The number of hydrogen-bond donors (Lipinski definition) is 1. The van der Waals surface area contributed by atoms with Gasteiger partial charge in [0.2, 0.25) is 5.95 Å². The third-order valence-electron chi connectivity index (χ3n) is 3.45. The Morgan fingerprint density at radius 3 is 2.59 bits per heavy atom. The molecule has 0 amide bonds. The second-order valence-corrected chi connectivity index (χ2v) is 4.66. The van der Waals surface area contributed by atoms with E-state index in [9.17, 15) is 4.39 Å². The smallest absolute Gasteiger partial charge is 0.222 e. The van der Waals surface area contributed by atoms with Crippen LogP contribution in [0.15, 0.2) is 6.20 Å². The number of hydrogen-bond acceptors (Lipinski definition) is 4. The van der Waals surface area contributed by atoms with Crippen LogP contribution in [0.25, 0.3) is 0 Å². The molecule has 1 aromatic heterocycles. The molecule has 94 valence electrons. The summed E-state index contributed by atoms with van der Waals surface area (Å²) in [5.74, 6) is 0.0530. The number of halogens is 1. The lowest BCUT2D eigenvalue weighted by atomic mass is 10.1. The number of nitrogen functional groups attached to an aromatic ring is 1. The van der Waals surface area contributed by atoms with Crippen LogP contribution in [0.1, 0.15) is 38.5 Å². The first-order valence-electron chi connectivity index (χ1n) is 6.19. The van der Waals surface area contributed by atoms with Gasteiger partial charge in [-0.05, 0) is 12.8 Å². The van der Waals surface area contributed by atoms with Gasteiger partial charge in [0.1, 0.15) is 0 Å². The van der Waals surface area contributed by atoms with Crippen molar-refractivity contribution in [1.82, 2.24) is 9.97 Å². The second kappa shape index (κ2) is 5.29. The normalized spacial score (nSPS) is 17.8. The average molecular weight is 238 g/mol. The van der Waals surface area contributed by atoms with Gasteiger partial charge in [-0.1, -0.05) is 25.7 Å². The summed E-state index contributed by atoms with van der Waals surface area (Å²) in [6.45, 7) is 0. The van der Waals surface area contributed by atoms with Crippen LogP contribution in [0.3, 0.4) is 0 Å². The van der Waals surface area contributed by atoms with E-state index in [1.807, 2.05) is 11.9 Å². The number of nitrogens with zero attached hydrogens (tertiary/aromatic N) is 3. The molecule has 0 unspecified atom stereocenters. The maximum Gasteiger partial charge on any atom is 0.222 e. The van der Waals surface area contributed by atoms with Gasteiger partial charge >= 0.3 is 0 Å². The molecular formula is C12H19FN4. The summed E-state index contributed by atoms with van der Waals surface area (Å²) in [6, 6.07) is 0.362. The van der Waals surface area contributed by atoms with Crippen molar-refractivity contribution in [2.75, 3.05) is 17.7 Å². The summed E-state index contributed by atoms with van der Waals surface area (Å²) >= 11 is 0. The molecule has 5 heteroatoms. The van der Waals surface area contributed by atoms with Crippen molar-refractivity contribution in [3.63, 3.8) is 0 Å². The largest absolute Gasteiger partial charge is 0.368 e. The number of rotatable bonds is 2. The lowest BCUT2D eigenvalue weighted by Gasteiger charge is -2.28. The van der Waals surface area contributed by atoms with Crippen LogP contribution < -0.4 is 10.6 Å². The third-order valence-corrected chi connectivity index (χ3v) is 3.45. The Morgan fingerprint density at radius 1 is 1.29 bits per heavy atom. The standard InChI is InChI=1S/C12H19FN4/c1-17(9-6-4-2-3-5-7-9)11-10(13)8-15-12(14)16-11/h8-9H,2-7H2,1H3,(H2,14,15,16). The van der Waals surface area contributed by atoms with Crippen molar-refractivity contribution in [2.45, 2.75) is 44.6 Å². The summed E-state index contributed by atoms with van der Waals surface area (Å²) < 4.78 is 13.7. The molecule has 1 saturated carbocycles. The molecule has 1 aliphatic carbocycles. The summed E-state index contributed by atoms with van der Waals surface area (Å²) in [5.41, 5.74) is 5.51. The third kappa shape index (κ3) is 2.84. The van der Waals surface area contributed by atoms with Gasteiger partial charge < -0.3 is 10.6 Å². The van der Waals surface area contributed by atoms with Gasteiger partial charge in [0.15, 0.2) is 11.6 Å². The molecule has 1 aromatic rings. The lowest BCUT2D eigenvalue weighted by Crippen LogP contribution is -2.32. The maximum absolute atomic E-state index is 13.7. The van der Waals surface area contributed by atoms with Crippen LogP contribution in [0.4, 0.5) is 16.2 Å². The summed E-state index contributed by atoms with van der Waals surface area (Å²) in [6.07, 6.45) is 8.30. The zero-order valence-corrected chi connectivity index (χ0v) is 10.2. The summed E-state index contributed by atoms with van der Waals surface area (Å²) in [7, 11) is 1.89. The predicted molar refractivity (Wildman–Crippen MR) is 66.3 cm³/mol. The van der Waals surface area contributed by atoms with Gasteiger partial charge in [-0.2, -0.15) is 4.98 Å². The molecule has 17 heavy (non-hydrogen) atoms. The van der Waals surface area contributed by atoms with E-state index in [0.717, 1.165) is 19.0 Å². The van der Waals surface area contributed by atoms with Crippen molar-refractivity contribution in [2.24, 2.45) is 0 Å². The first-order valence-corrected chi connectivity index (χ1v) is 6.19.